The lowest BCUT2D eigenvalue weighted by atomic mass is 10.1. The summed E-state index contributed by atoms with van der Waals surface area (Å²) in [5.74, 6) is -0.260. The van der Waals surface area contributed by atoms with Crippen molar-refractivity contribution in [2.24, 2.45) is 0 Å². The SMILES string of the molecule is CCCNC(CCC)c1ccc(-c2ccc(Cl)cc2F)s1. The molecule has 0 amide bonds. The van der Waals surface area contributed by atoms with E-state index in [2.05, 4.69) is 25.2 Å². The number of hydrogen-bond donors (Lipinski definition) is 1. The summed E-state index contributed by atoms with van der Waals surface area (Å²) in [6, 6.07) is 9.33. The van der Waals surface area contributed by atoms with Crippen molar-refractivity contribution in [3.05, 3.63) is 46.0 Å². The zero-order valence-corrected chi connectivity index (χ0v) is 14.0. The minimum absolute atomic E-state index is 0.260. The van der Waals surface area contributed by atoms with Crippen molar-refractivity contribution in [2.75, 3.05) is 6.54 Å². The lowest BCUT2D eigenvalue weighted by molar-refractivity contribution is 0.501. The maximum Gasteiger partial charge on any atom is 0.133 e. The molecule has 0 saturated heterocycles. The fourth-order valence-electron chi connectivity index (χ4n) is 2.33. The molecule has 4 heteroatoms. The summed E-state index contributed by atoms with van der Waals surface area (Å²) in [4.78, 5) is 2.23. The summed E-state index contributed by atoms with van der Waals surface area (Å²) in [5, 5.41) is 4.00. The van der Waals surface area contributed by atoms with Crippen LogP contribution in [0.1, 0.15) is 44.0 Å². The maximum absolute atomic E-state index is 14.0. The smallest absolute Gasteiger partial charge is 0.133 e. The summed E-state index contributed by atoms with van der Waals surface area (Å²) in [6.07, 6.45) is 3.34. The molecule has 1 heterocycles. The van der Waals surface area contributed by atoms with Gasteiger partial charge < -0.3 is 5.32 Å². The van der Waals surface area contributed by atoms with Crippen molar-refractivity contribution in [1.82, 2.24) is 5.32 Å². The molecular formula is C17H21ClFNS. The van der Waals surface area contributed by atoms with Gasteiger partial charge in [0.2, 0.25) is 0 Å². The largest absolute Gasteiger partial charge is 0.309 e. The fraction of sp³-hybridized carbons (Fsp3) is 0.412. The summed E-state index contributed by atoms with van der Waals surface area (Å²) in [6.45, 7) is 5.36. The van der Waals surface area contributed by atoms with E-state index in [1.807, 2.05) is 6.07 Å². The molecule has 0 saturated carbocycles. The first-order valence-corrected chi connectivity index (χ1v) is 8.63. The first kappa shape index (κ1) is 16.5. The highest BCUT2D eigenvalue weighted by Gasteiger charge is 2.14. The molecule has 0 fully saturated rings. The highest BCUT2D eigenvalue weighted by molar-refractivity contribution is 7.15. The van der Waals surface area contributed by atoms with Crippen molar-refractivity contribution >= 4 is 22.9 Å². The number of rotatable bonds is 7. The third-order valence-corrected chi connectivity index (χ3v) is 4.85. The zero-order valence-electron chi connectivity index (χ0n) is 12.5. The molecule has 0 aliphatic heterocycles. The van der Waals surface area contributed by atoms with Crippen molar-refractivity contribution in [1.29, 1.82) is 0 Å². The minimum atomic E-state index is -0.260. The fourth-order valence-corrected chi connectivity index (χ4v) is 3.63. The van der Waals surface area contributed by atoms with Crippen LogP contribution >= 0.6 is 22.9 Å². The van der Waals surface area contributed by atoms with Gasteiger partial charge >= 0.3 is 0 Å². The van der Waals surface area contributed by atoms with Gasteiger partial charge in [-0.3, -0.25) is 0 Å². The highest BCUT2D eigenvalue weighted by Crippen LogP contribution is 2.35. The second kappa shape index (κ2) is 7.92. The van der Waals surface area contributed by atoms with Gasteiger partial charge in [0.05, 0.1) is 0 Å². The van der Waals surface area contributed by atoms with Crippen LogP contribution in [-0.4, -0.2) is 6.54 Å². The van der Waals surface area contributed by atoms with E-state index >= 15 is 0 Å². The van der Waals surface area contributed by atoms with Crippen LogP contribution in [0.15, 0.2) is 30.3 Å². The van der Waals surface area contributed by atoms with Crippen LogP contribution < -0.4 is 5.32 Å². The van der Waals surface area contributed by atoms with Gasteiger partial charge in [0.15, 0.2) is 0 Å². The molecule has 2 aromatic rings. The Balaban J connectivity index is 2.22. The second-order valence-electron chi connectivity index (χ2n) is 5.12. The Labute approximate surface area is 135 Å². The van der Waals surface area contributed by atoms with Crippen LogP contribution in [0.5, 0.6) is 0 Å². The van der Waals surface area contributed by atoms with Crippen LogP contribution in [0.4, 0.5) is 4.39 Å². The Morgan fingerprint density at radius 2 is 2.00 bits per heavy atom. The Kier molecular flexibility index (Phi) is 6.22. The summed E-state index contributed by atoms with van der Waals surface area (Å²) in [5.41, 5.74) is 0.626. The molecular weight excluding hydrogens is 305 g/mol. The van der Waals surface area contributed by atoms with Crippen molar-refractivity contribution < 1.29 is 4.39 Å². The second-order valence-corrected chi connectivity index (χ2v) is 6.67. The van der Waals surface area contributed by atoms with E-state index in [0.717, 1.165) is 30.7 Å². The average molecular weight is 326 g/mol. The van der Waals surface area contributed by atoms with Gasteiger partial charge in [-0.15, -0.1) is 11.3 Å². The van der Waals surface area contributed by atoms with E-state index < -0.39 is 0 Å². The Bertz CT molecular complexity index is 582. The van der Waals surface area contributed by atoms with E-state index in [1.165, 1.54) is 10.9 Å². The maximum atomic E-state index is 14.0. The molecule has 1 nitrogen and oxygen atoms in total. The Hall–Kier alpha value is -0.900. The molecule has 0 aliphatic carbocycles. The average Bonchev–Trinajstić information content (AvgIpc) is 2.93. The molecule has 0 bridgehead atoms. The molecule has 2 rings (SSSR count). The number of halogens is 2. The number of thiophene rings is 1. The summed E-state index contributed by atoms with van der Waals surface area (Å²) in [7, 11) is 0. The minimum Gasteiger partial charge on any atom is -0.309 e. The van der Waals surface area contributed by atoms with E-state index in [9.17, 15) is 4.39 Å². The third kappa shape index (κ3) is 4.29. The molecule has 114 valence electrons. The van der Waals surface area contributed by atoms with E-state index in [1.54, 1.807) is 23.5 Å². The van der Waals surface area contributed by atoms with Gasteiger partial charge in [-0.1, -0.05) is 31.9 Å². The Morgan fingerprint density at radius 1 is 1.19 bits per heavy atom. The lowest BCUT2D eigenvalue weighted by Gasteiger charge is -2.16. The summed E-state index contributed by atoms with van der Waals surface area (Å²) >= 11 is 7.47. The molecule has 1 aromatic carbocycles. The molecule has 0 aliphatic rings. The summed E-state index contributed by atoms with van der Waals surface area (Å²) < 4.78 is 14.0. The van der Waals surface area contributed by atoms with Crippen LogP contribution in [0.2, 0.25) is 5.02 Å². The van der Waals surface area contributed by atoms with Crippen LogP contribution in [0.25, 0.3) is 10.4 Å². The van der Waals surface area contributed by atoms with E-state index in [4.69, 9.17) is 11.6 Å². The van der Waals surface area contributed by atoms with Gasteiger partial charge in [-0.2, -0.15) is 0 Å². The lowest BCUT2D eigenvalue weighted by Crippen LogP contribution is -2.21. The predicted molar refractivity (Wildman–Crippen MR) is 90.7 cm³/mol. The van der Waals surface area contributed by atoms with Crippen LogP contribution in [-0.2, 0) is 0 Å². The molecule has 0 spiro atoms. The molecule has 1 aromatic heterocycles. The topological polar surface area (TPSA) is 12.0 Å². The molecule has 1 atom stereocenters. The van der Waals surface area contributed by atoms with Crippen molar-refractivity contribution in [3.8, 4) is 10.4 Å². The number of hydrogen-bond acceptors (Lipinski definition) is 2. The standard InChI is InChI=1S/C17H21ClFNS/c1-3-5-15(20-10-4-2)17-9-8-16(21-17)13-7-6-12(18)11-14(13)19/h6-9,11,15,20H,3-5,10H2,1-2H3. The Morgan fingerprint density at radius 3 is 2.67 bits per heavy atom. The monoisotopic (exact) mass is 325 g/mol. The van der Waals surface area contributed by atoms with E-state index in [-0.39, 0.29) is 5.82 Å². The molecule has 1 unspecified atom stereocenters. The van der Waals surface area contributed by atoms with E-state index in [0.29, 0.717) is 16.6 Å². The number of benzene rings is 1. The normalized spacial score (nSPS) is 12.6. The van der Waals surface area contributed by atoms with Crippen molar-refractivity contribution in [2.45, 2.75) is 39.2 Å². The third-order valence-electron chi connectivity index (χ3n) is 3.38. The first-order valence-electron chi connectivity index (χ1n) is 7.44. The van der Waals surface area contributed by atoms with Crippen molar-refractivity contribution in [3.63, 3.8) is 0 Å². The van der Waals surface area contributed by atoms with Gasteiger partial charge in [-0.05, 0) is 49.7 Å². The first-order chi connectivity index (χ1) is 10.2. The highest BCUT2D eigenvalue weighted by atomic mass is 35.5. The number of nitrogens with one attached hydrogen (secondary N) is 1. The predicted octanol–water partition coefficient (Wildman–Crippen LogP) is 6.05. The van der Waals surface area contributed by atoms with Gasteiger partial charge in [-0.25, -0.2) is 4.39 Å². The van der Waals surface area contributed by atoms with Crippen LogP contribution in [0.3, 0.4) is 0 Å². The van der Waals surface area contributed by atoms with Crippen LogP contribution in [0, 0.1) is 5.82 Å². The van der Waals surface area contributed by atoms with Gasteiger partial charge in [0, 0.05) is 26.4 Å². The quantitative estimate of drug-likeness (QED) is 0.653. The molecule has 0 radical (unpaired) electrons. The molecule has 21 heavy (non-hydrogen) atoms. The zero-order chi connectivity index (χ0) is 15.2. The molecule has 1 N–H and O–H groups in total. The van der Waals surface area contributed by atoms with Gasteiger partial charge in [0.1, 0.15) is 5.82 Å². The van der Waals surface area contributed by atoms with Gasteiger partial charge in [0.25, 0.3) is 0 Å².